The number of hydrogen-bond acceptors (Lipinski definition) is 5. The largest absolute Gasteiger partial charge is 0.496 e. The smallest absolute Gasteiger partial charge is 0.255 e. The molecule has 4 rings (SSSR count). The van der Waals surface area contributed by atoms with Crippen molar-refractivity contribution < 1.29 is 9.53 Å². The maximum absolute atomic E-state index is 13.2. The number of guanidine groups is 1. The van der Waals surface area contributed by atoms with E-state index < -0.39 is 0 Å². The van der Waals surface area contributed by atoms with Gasteiger partial charge in [-0.05, 0) is 62.4 Å². The van der Waals surface area contributed by atoms with Gasteiger partial charge in [-0.2, -0.15) is 5.26 Å². The second-order valence-corrected chi connectivity index (χ2v) is 9.78. The van der Waals surface area contributed by atoms with Crippen molar-refractivity contribution in [3.8, 4) is 11.9 Å². The molecule has 0 bridgehead atoms. The van der Waals surface area contributed by atoms with Gasteiger partial charge in [0, 0.05) is 30.7 Å². The van der Waals surface area contributed by atoms with Gasteiger partial charge >= 0.3 is 0 Å². The predicted octanol–water partition coefficient (Wildman–Crippen LogP) is 4.65. The first kappa shape index (κ1) is 27.6. The molecule has 8 heteroatoms. The molecule has 0 saturated heterocycles. The minimum Gasteiger partial charge on any atom is -0.496 e. The standard InChI is InChI=1S/C31H36N6O2/c1-3-33-30(36-23-32)37(21-25-13-9-10-20-34-25)26-16-18-31(19-17-26,24-11-5-4-6-12-24)22-35-29(38)27-14-7-8-15-28(27)39-2/h4-15,20,26H,3,16-19,21-22H2,1-2H3,(H,33,36)(H,35,38)/t26-,31+. The summed E-state index contributed by atoms with van der Waals surface area (Å²) in [5.74, 6) is 0.995. The van der Waals surface area contributed by atoms with Crippen LogP contribution >= 0.6 is 0 Å². The molecule has 2 aromatic carbocycles. The number of pyridine rings is 1. The van der Waals surface area contributed by atoms with Crippen LogP contribution in [0.1, 0.15) is 54.2 Å². The van der Waals surface area contributed by atoms with Gasteiger partial charge in [-0.3, -0.25) is 9.78 Å². The highest BCUT2D eigenvalue weighted by atomic mass is 16.5. The number of carbonyl (C=O) groups excluding carboxylic acids is 1. The van der Waals surface area contributed by atoms with Crippen molar-refractivity contribution in [3.63, 3.8) is 0 Å². The number of rotatable bonds is 9. The summed E-state index contributed by atoms with van der Waals surface area (Å²) in [7, 11) is 1.58. The first-order valence-electron chi connectivity index (χ1n) is 13.4. The fourth-order valence-corrected chi connectivity index (χ4v) is 5.46. The lowest BCUT2D eigenvalue weighted by Crippen LogP contribution is -2.51. The van der Waals surface area contributed by atoms with Gasteiger partial charge in [0.25, 0.3) is 5.91 Å². The van der Waals surface area contributed by atoms with Crippen LogP contribution in [0.25, 0.3) is 0 Å². The summed E-state index contributed by atoms with van der Waals surface area (Å²) in [4.78, 5) is 24.0. The van der Waals surface area contributed by atoms with E-state index in [1.807, 2.05) is 49.5 Å². The van der Waals surface area contributed by atoms with E-state index in [1.165, 1.54) is 5.56 Å². The molecule has 202 valence electrons. The summed E-state index contributed by atoms with van der Waals surface area (Å²) in [5, 5.41) is 15.9. The number of carbonyl (C=O) groups is 1. The molecule has 2 N–H and O–H groups in total. The molecule has 8 nitrogen and oxygen atoms in total. The third-order valence-corrected chi connectivity index (χ3v) is 7.50. The Balaban J connectivity index is 1.56. The molecule has 1 fully saturated rings. The first-order valence-corrected chi connectivity index (χ1v) is 13.4. The molecule has 0 aliphatic heterocycles. The second kappa shape index (κ2) is 13.4. The molecular weight excluding hydrogens is 488 g/mol. The quantitative estimate of drug-likeness (QED) is 0.240. The van der Waals surface area contributed by atoms with Crippen LogP contribution in [-0.2, 0) is 12.0 Å². The number of aromatic nitrogens is 1. The lowest BCUT2D eigenvalue weighted by atomic mass is 9.67. The molecule has 1 aliphatic rings. The molecule has 3 aromatic rings. The summed E-state index contributed by atoms with van der Waals surface area (Å²) in [6.07, 6.45) is 7.25. The zero-order valence-corrected chi connectivity index (χ0v) is 22.6. The van der Waals surface area contributed by atoms with Crippen molar-refractivity contribution in [2.24, 2.45) is 4.99 Å². The van der Waals surface area contributed by atoms with Crippen LogP contribution in [0.2, 0.25) is 0 Å². The van der Waals surface area contributed by atoms with Gasteiger partial charge in [-0.25, -0.2) is 0 Å². The van der Waals surface area contributed by atoms with Crippen molar-refractivity contribution >= 4 is 11.9 Å². The summed E-state index contributed by atoms with van der Waals surface area (Å²) in [6, 6.07) is 23.8. The number of amides is 1. The fourth-order valence-electron chi connectivity index (χ4n) is 5.46. The van der Waals surface area contributed by atoms with E-state index in [9.17, 15) is 10.1 Å². The van der Waals surface area contributed by atoms with E-state index in [2.05, 4.69) is 49.8 Å². The highest BCUT2D eigenvalue weighted by Gasteiger charge is 2.39. The van der Waals surface area contributed by atoms with Gasteiger partial charge in [0.05, 0.1) is 24.9 Å². The van der Waals surface area contributed by atoms with Gasteiger partial charge in [0.15, 0.2) is 0 Å². The van der Waals surface area contributed by atoms with Crippen LogP contribution in [0.3, 0.4) is 0 Å². The summed E-state index contributed by atoms with van der Waals surface area (Å²) in [6.45, 7) is 3.74. The van der Waals surface area contributed by atoms with Gasteiger partial charge in [-0.15, -0.1) is 4.99 Å². The number of methoxy groups -OCH3 is 1. The number of aliphatic imine (C=N–C) groups is 1. The number of para-hydroxylation sites is 1. The number of hydrogen-bond donors (Lipinski definition) is 2. The van der Waals surface area contributed by atoms with E-state index in [4.69, 9.17) is 4.74 Å². The van der Waals surface area contributed by atoms with Gasteiger partial charge in [0.2, 0.25) is 12.2 Å². The predicted molar refractivity (Wildman–Crippen MR) is 152 cm³/mol. The molecule has 1 aromatic heterocycles. The maximum Gasteiger partial charge on any atom is 0.255 e. The topological polar surface area (TPSA) is 103 Å². The molecular formula is C31H36N6O2. The lowest BCUT2D eigenvalue weighted by molar-refractivity contribution is 0.0925. The summed E-state index contributed by atoms with van der Waals surface area (Å²) < 4.78 is 5.41. The Hall–Kier alpha value is -4.38. The number of benzene rings is 2. The van der Waals surface area contributed by atoms with Crippen molar-refractivity contribution in [2.45, 2.75) is 50.6 Å². The van der Waals surface area contributed by atoms with Crippen LogP contribution in [0, 0.1) is 11.5 Å². The maximum atomic E-state index is 13.2. The molecule has 0 radical (unpaired) electrons. The molecule has 0 atom stereocenters. The second-order valence-electron chi connectivity index (χ2n) is 9.78. The normalized spacial score (nSPS) is 19.0. The first-order chi connectivity index (χ1) is 19.1. The molecule has 39 heavy (non-hydrogen) atoms. The Kier molecular flexibility index (Phi) is 9.52. The number of nitriles is 1. The van der Waals surface area contributed by atoms with Crippen molar-refractivity contribution in [3.05, 3.63) is 95.8 Å². The molecule has 1 heterocycles. The molecule has 0 spiro atoms. The fraction of sp³-hybridized carbons (Fsp3) is 0.355. The third kappa shape index (κ3) is 6.74. The van der Waals surface area contributed by atoms with Crippen LogP contribution in [0.5, 0.6) is 5.75 Å². The summed E-state index contributed by atoms with van der Waals surface area (Å²) >= 11 is 0. The Morgan fingerprint density at radius 2 is 1.79 bits per heavy atom. The zero-order chi connectivity index (χ0) is 27.5. The molecule has 1 amide bonds. The highest BCUT2D eigenvalue weighted by Crippen LogP contribution is 2.41. The monoisotopic (exact) mass is 524 g/mol. The number of ether oxygens (including phenoxy) is 1. The van der Waals surface area contributed by atoms with E-state index in [0.29, 0.717) is 36.9 Å². The average Bonchev–Trinajstić information content (AvgIpc) is 3.00. The minimum absolute atomic E-state index is 0.141. The van der Waals surface area contributed by atoms with E-state index in [1.54, 1.807) is 25.4 Å². The Bertz CT molecular complexity index is 1280. The van der Waals surface area contributed by atoms with Crippen molar-refractivity contribution in [2.75, 3.05) is 20.2 Å². The van der Waals surface area contributed by atoms with Crippen LogP contribution in [0.4, 0.5) is 0 Å². The number of nitrogens with one attached hydrogen (secondary N) is 2. The Morgan fingerprint density at radius 3 is 2.46 bits per heavy atom. The highest BCUT2D eigenvalue weighted by molar-refractivity contribution is 5.97. The minimum atomic E-state index is -0.211. The SMILES string of the molecule is CCN/C(=N\C#N)N(Cc1ccccn1)[C@H]1CC[C@@](CNC(=O)c2ccccc2OC)(c2ccccc2)CC1. The van der Waals surface area contributed by atoms with Crippen molar-refractivity contribution in [1.29, 1.82) is 5.26 Å². The number of nitrogens with zero attached hydrogens (tertiary/aromatic N) is 4. The third-order valence-electron chi connectivity index (χ3n) is 7.50. The molecule has 1 saturated carbocycles. The Labute approximate surface area is 230 Å². The van der Waals surface area contributed by atoms with E-state index in [-0.39, 0.29) is 17.4 Å². The van der Waals surface area contributed by atoms with Crippen molar-refractivity contribution in [1.82, 2.24) is 20.5 Å². The summed E-state index contributed by atoms with van der Waals surface area (Å²) in [5.41, 5.74) is 2.46. The van der Waals surface area contributed by atoms with Crippen LogP contribution < -0.4 is 15.4 Å². The molecule has 0 unspecified atom stereocenters. The van der Waals surface area contributed by atoms with Gasteiger partial charge in [-0.1, -0.05) is 48.5 Å². The zero-order valence-electron chi connectivity index (χ0n) is 22.6. The molecule has 1 aliphatic carbocycles. The van der Waals surface area contributed by atoms with Gasteiger partial charge < -0.3 is 20.3 Å². The lowest BCUT2D eigenvalue weighted by Gasteiger charge is -2.44. The van der Waals surface area contributed by atoms with Gasteiger partial charge in [0.1, 0.15) is 5.75 Å². The van der Waals surface area contributed by atoms with Crippen LogP contribution in [-0.4, -0.2) is 48.0 Å². The average molecular weight is 525 g/mol. The van der Waals surface area contributed by atoms with E-state index in [0.717, 1.165) is 31.4 Å². The van der Waals surface area contributed by atoms with E-state index >= 15 is 0 Å². The Morgan fingerprint density at radius 1 is 1.08 bits per heavy atom. The van der Waals surface area contributed by atoms with Crippen LogP contribution in [0.15, 0.2) is 84.0 Å².